The van der Waals surface area contributed by atoms with E-state index in [4.69, 9.17) is 0 Å². The first kappa shape index (κ1) is 14.9. The van der Waals surface area contributed by atoms with Gasteiger partial charge in [0.15, 0.2) is 0 Å². The Morgan fingerprint density at radius 2 is 1.54 bits per heavy atom. The van der Waals surface area contributed by atoms with Crippen molar-refractivity contribution in [3.63, 3.8) is 0 Å². The van der Waals surface area contributed by atoms with Crippen LogP contribution in [-0.2, 0) is 10.2 Å². The Labute approximate surface area is 141 Å². The number of rotatable bonds is 2. The van der Waals surface area contributed by atoms with Crippen LogP contribution in [0, 0.1) is 29.5 Å². The Balaban J connectivity index is 1.61. The quantitative estimate of drug-likeness (QED) is 0.906. The normalized spacial score (nSPS) is 40.7. The van der Waals surface area contributed by atoms with Crippen LogP contribution in [0.25, 0.3) is 0 Å². The van der Waals surface area contributed by atoms with Gasteiger partial charge >= 0.3 is 0 Å². The number of amides is 1. The lowest BCUT2D eigenvalue weighted by Crippen LogP contribution is -2.67. The molecule has 0 radical (unpaired) electrons. The van der Waals surface area contributed by atoms with Crippen LogP contribution >= 0.6 is 0 Å². The predicted octanol–water partition coefficient (Wildman–Crippen LogP) is 2.72. The number of carbonyl (C=O) groups is 1. The summed E-state index contributed by atoms with van der Waals surface area (Å²) in [5.74, 6) is 2.25. The van der Waals surface area contributed by atoms with Crippen LogP contribution in [0.5, 0.6) is 0 Å². The first-order valence-electron chi connectivity index (χ1n) is 9.31. The molecule has 4 heteroatoms. The van der Waals surface area contributed by atoms with Gasteiger partial charge < -0.3 is 10.0 Å². The van der Waals surface area contributed by atoms with Crippen molar-refractivity contribution in [2.45, 2.75) is 43.6 Å². The largest absolute Gasteiger partial charge is 0.389 e. The van der Waals surface area contributed by atoms with Crippen molar-refractivity contribution in [1.82, 2.24) is 4.90 Å². The summed E-state index contributed by atoms with van der Waals surface area (Å²) in [5, 5.41) is 9.67. The molecule has 4 aliphatic carbocycles. The molecule has 0 spiro atoms. The third-order valence-corrected chi connectivity index (χ3v) is 7.25. The highest BCUT2D eigenvalue weighted by atomic mass is 19.1. The molecule has 5 fully saturated rings. The van der Waals surface area contributed by atoms with E-state index in [-0.39, 0.29) is 17.8 Å². The number of benzene rings is 1. The minimum absolute atomic E-state index is 0.188. The molecule has 24 heavy (non-hydrogen) atoms. The maximum absolute atomic E-state index is 13.6. The Hall–Kier alpha value is -1.42. The van der Waals surface area contributed by atoms with E-state index in [9.17, 15) is 14.3 Å². The van der Waals surface area contributed by atoms with Gasteiger partial charge in [0.2, 0.25) is 5.91 Å². The minimum Gasteiger partial charge on any atom is -0.389 e. The van der Waals surface area contributed by atoms with Crippen LogP contribution in [0.4, 0.5) is 4.39 Å². The summed E-state index contributed by atoms with van der Waals surface area (Å²) in [4.78, 5) is 15.4. The molecule has 3 nitrogen and oxygen atoms in total. The molecular weight excluding hydrogens is 305 g/mol. The Morgan fingerprint density at radius 1 is 1.00 bits per heavy atom. The number of hydrogen-bond donors (Lipinski definition) is 1. The highest BCUT2D eigenvalue weighted by Gasteiger charge is 2.63. The van der Waals surface area contributed by atoms with Gasteiger partial charge in [-0.15, -0.1) is 0 Å². The second kappa shape index (κ2) is 5.04. The van der Waals surface area contributed by atoms with Gasteiger partial charge in [-0.25, -0.2) is 4.39 Å². The van der Waals surface area contributed by atoms with Crippen molar-refractivity contribution in [3.05, 3.63) is 35.6 Å². The molecule has 128 valence electrons. The van der Waals surface area contributed by atoms with E-state index in [0.29, 0.717) is 24.9 Å². The third-order valence-electron chi connectivity index (χ3n) is 7.25. The van der Waals surface area contributed by atoms with E-state index < -0.39 is 5.41 Å². The average molecular weight is 329 g/mol. The van der Waals surface area contributed by atoms with Crippen molar-refractivity contribution >= 4 is 5.91 Å². The number of likely N-dealkylation sites (tertiary alicyclic amines) is 1. The third kappa shape index (κ3) is 1.89. The molecule has 1 N–H and O–H groups in total. The smallest absolute Gasteiger partial charge is 0.233 e. The van der Waals surface area contributed by atoms with E-state index in [1.807, 2.05) is 17.0 Å². The fraction of sp³-hybridized carbons (Fsp3) is 0.650. The number of halogens is 1. The lowest BCUT2D eigenvalue weighted by Gasteiger charge is -2.62. The zero-order chi connectivity index (χ0) is 16.5. The van der Waals surface area contributed by atoms with E-state index >= 15 is 0 Å². The van der Waals surface area contributed by atoms with Gasteiger partial charge in [-0.1, -0.05) is 12.1 Å². The van der Waals surface area contributed by atoms with Gasteiger partial charge in [0.1, 0.15) is 5.82 Å². The molecule has 4 saturated carbocycles. The van der Waals surface area contributed by atoms with Gasteiger partial charge in [0, 0.05) is 13.1 Å². The monoisotopic (exact) mass is 329 g/mol. The molecular formula is C20H24FNO2. The maximum atomic E-state index is 13.6. The van der Waals surface area contributed by atoms with Crippen LogP contribution in [0.1, 0.15) is 37.7 Å². The summed E-state index contributed by atoms with van der Waals surface area (Å²) in [6.07, 6.45) is 5.48. The van der Waals surface area contributed by atoms with Crippen LogP contribution in [0.2, 0.25) is 0 Å². The predicted molar refractivity (Wildman–Crippen MR) is 87.7 cm³/mol. The number of β-amino-alcohol motifs (C(OH)–C–C–N with tert-alkyl or cyclic N) is 1. The Bertz CT molecular complexity index is 637. The van der Waals surface area contributed by atoms with Crippen molar-refractivity contribution in [1.29, 1.82) is 0 Å². The number of hydrogen-bond acceptors (Lipinski definition) is 2. The molecule has 0 atom stereocenters. The number of nitrogens with zero attached hydrogens (tertiary/aromatic N) is 1. The molecule has 0 aromatic heterocycles. The lowest BCUT2D eigenvalue weighted by molar-refractivity contribution is -0.164. The molecule has 1 amide bonds. The van der Waals surface area contributed by atoms with Crippen molar-refractivity contribution in [2.24, 2.45) is 23.7 Å². The van der Waals surface area contributed by atoms with E-state index in [2.05, 4.69) is 0 Å². The van der Waals surface area contributed by atoms with Gasteiger partial charge in [-0.05, 0) is 73.5 Å². The standard InChI is InChI=1S/C20H24FNO2/c21-17-3-1-14(2-4-17)20(19(24)22-10-18(23)11-22)15-6-12-5-13(8-15)9-16(20)7-12/h1-4,12-13,15-16,18,23H,5-11H2. The molecule has 1 aromatic carbocycles. The van der Waals surface area contributed by atoms with Crippen LogP contribution in [0.3, 0.4) is 0 Å². The summed E-state index contributed by atoms with van der Waals surface area (Å²) < 4.78 is 13.5. The van der Waals surface area contributed by atoms with E-state index in [0.717, 1.165) is 43.1 Å². The van der Waals surface area contributed by atoms with Crippen LogP contribution in [-0.4, -0.2) is 35.1 Å². The van der Waals surface area contributed by atoms with Gasteiger partial charge in [0.25, 0.3) is 0 Å². The maximum Gasteiger partial charge on any atom is 0.233 e. The first-order chi connectivity index (χ1) is 11.6. The first-order valence-corrected chi connectivity index (χ1v) is 9.31. The zero-order valence-corrected chi connectivity index (χ0v) is 13.8. The molecule has 1 aliphatic heterocycles. The highest BCUT2D eigenvalue weighted by Crippen LogP contribution is 2.63. The molecule has 0 unspecified atom stereocenters. The molecule has 4 bridgehead atoms. The van der Waals surface area contributed by atoms with Crippen LogP contribution in [0.15, 0.2) is 24.3 Å². The van der Waals surface area contributed by atoms with Crippen molar-refractivity contribution < 1.29 is 14.3 Å². The summed E-state index contributed by atoms with van der Waals surface area (Å²) >= 11 is 0. The minimum atomic E-state index is -0.485. The lowest BCUT2D eigenvalue weighted by atomic mass is 9.43. The number of aliphatic hydroxyl groups excluding tert-OH is 1. The number of carbonyl (C=O) groups excluding carboxylic acids is 1. The zero-order valence-electron chi connectivity index (χ0n) is 13.8. The second-order valence-corrected chi connectivity index (χ2v) is 8.54. The van der Waals surface area contributed by atoms with Crippen LogP contribution < -0.4 is 0 Å². The molecule has 5 aliphatic rings. The summed E-state index contributed by atoms with van der Waals surface area (Å²) in [6.45, 7) is 0.905. The average Bonchev–Trinajstić information content (AvgIpc) is 2.52. The SMILES string of the molecule is O=C(N1CC(O)C1)C1(c2ccc(F)cc2)C2CC3CC(C2)CC1C3. The fourth-order valence-electron chi connectivity index (χ4n) is 6.48. The van der Waals surface area contributed by atoms with Crippen molar-refractivity contribution in [2.75, 3.05) is 13.1 Å². The molecule has 1 heterocycles. The molecule has 1 aromatic rings. The van der Waals surface area contributed by atoms with Gasteiger partial charge in [-0.2, -0.15) is 0 Å². The topological polar surface area (TPSA) is 40.5 Å². The Kier molecular flexibility index (Phi) is 3.13. The summed E-state index contributed by atoms with van der Waals surface area (Å²) in [6, 6.07) is 6.68. The van der Waals surface area contributed by atoms with E-state index in [1.54, 1.807) is 0 Å². The van der Waals surface area contributed by atoms with E-state index in [1.165, 1.54) is 18.6 Å². The van der Waals surface area contributed by atoms with Gasteiger partial charge in [0.05, 0.1) is 11.5 Å². The highest BCUT2D eigenvalue weighted by molar-refractivity contribution is 5.90. The molecule has 6 rings (SSSR count). The summed E-state index contributed by atoms with van der Waals surface area (Å²) in [5.41, 5.74) is 0.519. The second-order valence-electron chi connectivity index (χ2n) is 8.54. The number of aliphatic hydroxyl groups is 1. The van der Waals surface area contributed by atoms with Gasteiger partial charge in [-0.3, -0.25) is 4.79 Å². The summed E-state index contributed by atoms with van der Waals surface area (Å²) in [7, 11) is 0. The molecule has 1 saturated heterocycles. The van der Waals surface area contributed by atoms with Crippen molar-refractivity contribution in [3.8, 4) is 0 Å². The Morgan fingerprint density at radius 3 is 2.04 bits per heavy atom. The fourth-order valence-corrected chi connectivity index (χ4v) is 6.48.